The number of rotatable bonds is 4. The molecule has 0 aromatic heterocycles. The Balaban J connectivity index is 1.80. The highest BCUT2D eigenvalue weighted by Gasteiger charge is 2.36. The fourth-order valence-corrected chi connectivity index (χ4v) is 4.60. The summed E-state index contributed by atoms with van der Waals surface area (Å²) >= 11 is 5.97. The van der Waals surface area contributed by atoms with Crippen molar-refractivity contribution in [3.05, 3.63) is 58.6 Å². The minimum Gasteiger partial charge on any atom is -0.311 e. The van der Waals surface area contributed by atoms with Crippen molar-refractivity contribution < 1.29 is 13.2 Å². The molecule has 0 saturated carbocycles. The van der Waals surface area contributed by atoms with Crippen LogP contribution in [0.5, 0.6) is 0 Å². The number of carbonyl (C=O) groups is 1. The molecule has 3 rings (SSSR count). The van der Waals surface area contributed by atoms with Crippen LogP contribution in [0.15, 0.2) is 47.4 Å². The van der Waals surface area contributed by atoms with Crippen LogP contribution in [-0.4, -0.2) is 26.9 Å². The SMILES string of the molecule is Cc1ccc(N2CC[C@@H](NS(=O)(=O)c3ccccc3Cl)C2=O)cc1C. The summed E-state index contributed by atoms with van der Waals surface area (Å²) in [5.74, 6) is -0.251. The first-order chi connectivity index (χ1) is 11.8. The molecule has 5 nitrogen and oxygen atoms in total. The van der Waals surface area contributed by atoms with Gasteiger partial charge in [-0.25, -0.2) is 8.42 Å². The zero-order valence-corrected chi connectivity index (χ0v) is 15.6. The standard InChI is InChI=1S/C18H19ClN2O3S/c1-12-7-8-14(11-13(12)2)21-10-9-16(18(21)22)20-25(23,24)17-6-4-3-5-15(17)19/h3-8,11,16,20H,9-10H2,1-2H3/t16-/m1/s1. The predicted octanol–water partition coefficient (Wildman–Crippen LogP) is 3.04. The van der Waals surface area contributed by atoms with Crippen LogP contribution < -0.4 is 9.62 Å². The first kappa shape index (κ1) is 17.9. The van der Waals surface area contributed by atoms with Crippen molar-refractivity contribution in [3.63, 3.8) is 0 Å². The average Bonchev–Trinajstić information content (AvgIpc) is 2.91. The lowest BCUT2D eigenvalue weighted by Crippen LogP contribution is -2.41. The summed E-state index contributed by atoms with van der Waals surface area (Å²) in [6.07, 6.45) is 0.412. The number of carbonyl (C=O) groups excluding carboxylic acids is 1. The van der Waals surface area contributed by atoms with Crippen LogP contribution in [0.2, 0.25) is 5.02 Å². The van der Waals surface area contributed by atoms with Crippen molar-refractivity contribution in [1.29, 1.82) is 0 Å². The Morgan fingerprint density at radius 2 is 1.84 bits per heavy atom. The van der Waals surface area contributed by atoms with E-state index in [-0.39, 0.29) is 15.8 Å². The molecule has 0 spiro atoms. The smallest absolute Gasteiger partial charge is 0.245 e. The van der Waals surface area contributed by atoms with Crippen LogP contribution in [0.25, 0.3) is 0 Å². The van der Waals surface area contributed by atoms with Gasteiger partial charge in [0.25, 0.3) is 0 Å². The molecule has 7 heteroatoms. The molecule has 1 N–H and O–H groups in total. The molecule has 0 aliphatic carbocycles. The largest absolute Gasteiger partial charge is 0.311 e. The molecule has 2 aromatic rings. The summed E-state index contributed by atoms with van der Waals surface area (Å²) in [6.45, 7) is 4.46. The van der Waals surface area contributed by atoms with E-state index in [2.05, 4.69) is 4.72 Å². The van der Waals surface area contributed by atoms with Gasteiger partial charge in [0.2, 0.25) is 15.9 Å². The molecule has 1 fully saturated rings. The van der Waals surface area contributed by atoms with Gasteiger partial charge in [-0.15, -0.1) is 0 Å². The number of sulfonamides is 1. The number of benzene rings is 2. The highest BCUT2D eigenvalue weighted by molar-refractivity contribution is 7.89. The molecular formula is C18H19ClN2O3S. The van der Waals surface area contributed by atoms with Gasteiger partial charge >= 0.3 is 0 Å². The van der Waals surface area contributed by atoms with Crippen molar-refractivity contribution in [2.75, 3.05) is 11.4 Å². The van der Waals surface area contributed by atoms with E-state index in [4.69, 9.17) is 11.6 Å². The van der Waals surface area contributed by atoms with Crippen LogP contribution in [0.1, 0.15) is 17.5 Å². The Kier molecular flexibility index (Phi) is 4.86. The summed E-state index contributed by atoms with van der Waals surface area (Å²) in [7, 11) is -3.86. The van der Waals surface area contributed by atoms with E-state index in [1.165, 1.54) is 12.1 Å². The van der Waals surface area contributed by atoms with Gasteiger partial charge in [-0.3, -0.25) is 4.79 Å². The molecule has 2 aromatic carbocycles. The highest BCUT2D eigenvalue weighted by Crippen LogP contribution is 2.26. The number of nitrogens with zero attached hydrogens (tertiary/aromatic N) is 1. The van der Waals surface area contributed by atoms with E-state index in [0.29, 0.717) is 13.0 Å². The van der Waals surface area contributed by atoms with E-state index < -0.39 is 16.1 Å². The minimum atomic E-state index is -3.86. The van der Waals surface area contributed by atoms with Gasteiger partial charge in [0, 0.05) is 12.2 Å². The van der Waals surface area contributed by atoms with Gasteiger partial charge in [0.1, 0.15) is 10.9 Å². The topological polar surface area (TPSA) is 66.5 Å². The van der Waals surface area contributed by atoms with E-state index >= 15 is 0 Å². The Morgan fingerprint density at radius 1 is 1.12 bits per heavy atom. The van der Waals surface area contributed by atoms with E-state index in [9.17, 15) is 13.2 Å². The van der Waals surface area contributed by atoms with Gasteiger partial charge in [-0.2, -0.15) is 4.72 Å². The van der Waals surface area contributed by atoms with Gasteiger partial charge < -0.3 is 4.90 Å². The van der Waals surface area contributed by atoms with Crippen LogP contribution in [0.3, 0.4) is 0 Å². The minimum absolute atomic E-state index is 0.0194. The molecule has 1 saturated heterocycles. The molecule has 1 amide bonds. The van der Waals surface area contributed by atoms with Gasteiger partial charge in [-0.05, 0) is 55.7 Å². The summed E-state index contributed by atoms with van der Waals surface area (Å²) in [5.41, 5.74) is 3.02. The lowest BCUT2D eigenvalue weighted by molar-refractivity contribution is -0.118. The monoisotopic (exact) mass is 378 g/mol. The number of halogens is 1. The lowest BCUT2D eigenvalue weighted by atomic mass is 10.1. The Bertz CT molecular complexity index is 928. The van der Waals surface area contributed by atoms with Gasteiger partial charge in [0.05, 0.1) is 5.02 Å². The van der Waals surface area contributed by atoms with Crippen LogP contribution in [0.4, 0.5) is 5.69 Å². The predicted molar refractivity (Wildman–Crippen MR) is 98.4 cm³/mol. The van der Waals surface area contributed by atoms with Gasteiger partial charge in [-0.1, -0.05) is 29.8 Å². The third-order valence-electron chi connectivity index (χ3n) is 4.43. The average molecular weight is 379 g/mol. The first-order valence-corrected chi connectivity index (χ1v) is 9.81. The molecule has 0 unspecified atom stereocenters. The lowest BCUT2D eigenvalue weighted by Gasteiger charge is -2.18. The number of amides is 1. The second-order valence-electron chi connectivity index (χ2n) is 6.15. The van der Waals surface area contributed by atoms with Crippen LogP contribution in [0, 0.1) is 13.8 Å². The van der Waals surface area contributed by atoms with Gasteiger partial charge in [0.15, 0.2) is 0 Å². The molecule has 1 aliphatic rings. The zero-order valence-electron chi connectivity index (χ0n) is 14.0. The highest BCUT2D eigenvalue weighted by atomic mass is 35.5. The molecule has 0 radical (unpaired) electrons. The van der Waals surface area contributed by atoms with Crippen LogP contribution in [-0.2, 0) is 14.8 Å². The number of hydrogen-bond donors (Lipinski definition) is 1. The summed E-state index contributed by atoms with van der Waals surface area (Å²) in [6, 6.07) is 11.2. The molecule has 25 heavy (non-hydrogen) atoms. The number of hydrogen-bond acceptors (Lipinski definition) is 3. The number of anilines is 1. The normalized spacial score (nSPS) is 18.0. The fourth-order valence-electron chi connectivity index (χ4n) is 2.85. The first-order valence-electron chi connectivity index (χ1n) is 7.95. The second kappa shape index (κ2) is 6.78. The maximum Gasteiger partial charge on any atom is 0.245 e. The van der Waals surface area contributed by atoms with Crippen LogP contribution >= 0.6 is 11.6 Å². The number of nitrogens with one attached hydrogen (secondary N) is 1. The molecule has 0 bridgehead atoms. The van der Waals surface area contributed by atoms with Crippen molar-refractivity contribution in [2.45, 2.75) is 31.2 Å². The van der Waals surface area contributed by atoms with Crippen molar-refractivity contribution in [2.24, 2.45) is 0 Å². The second-order valence-corrected chi connectivity index (χ2v) is 8.24. The van der Waals surface area contributed by atoms with Crippen molar-refractivity contribution in [1.82, 2.24) is 4.72 Å². The maximum atomic E-state index is 12.7. The van der Waals surface area contributed by atoms with E-state index in [1.807, 2.05) is 32.0 Å². The zero-order chi connectivity index (χ0) is 18.2. The molecule has 1 atom stereocenters. The summed E-state index contributed by atoms with van der Waals surface area (Å²) in [4.78, 5) is 14.3. The Labute approximate surface area is 152 Å². The molecular weight excluding hydrogens is 360 g/mol. The summed E-state index contributed by atoms with van der Waals surface area (Å²) < 4.78 is 27.5. The third kappa shape index (κ3) is 3.56. The molecule has 1 heterocycles. The Hall–Kier alpha value is -1.89. The molecule has 1 aliphatic heterocycles. The quantitative estimate of drug-likeness (QED) is 0.889. The van der Waals surface area contributed by atoms with E-state index in [0.717, 1.165) is 16.8 Å². The third-order valence-corrected chi connectivity index (χ3v) is 6.40. The fraction of sp³-hybridized carbons (Fsp3) is 0.278. The van der Waals surface area contributed by atoms with Crippen molar-refractivity contribution >= 4 is 33.2 Å². The van der Waals surface area contributed by atoms with Crippen molar-refractivity contribution in [3.8, 4) is 0 Å². The van der Waals surface area contributed by atoms with E-state index in [1.54, 1.807) is 17.0 Å². The Morgan fingerprint density at radius 3 is 2.52 bits per heavy atom. The maximum absolute atomic E-state index is 12.7. The number of aryl methyl sites for hydroxylation is 2. The summed E-state index contributed by atoms with van der Waals surface area (Å²) in [5, 5.41) is 0.131. The molecule has 132 valence electrons.